The maximum Gasteiger partial charge on any atom is 0.0546 e. The minimum absolute atomic E-state index is 1.09. The molecule has 0 saturated carbocycles. The summed E-state index contributed by atoms with van der Waals surface area (Å²) in [4.78, 5) is 2.35. The third-order valence-corrected chi connectivity index (χ3v) is 11.8. The van der Waals surface area contributed by atoms with E-state index in [1.807, 2.05) is 0 Å². The summed E-state index contributed by atoms with van der Waals surface area (Å²) in [6.45, 7) is 0. The normalized spacial score (nSPS) is 11.3. The van der Waals surface area contributed by atoms with Crippen LogP contribution in [0.5, 0.6) is 0 Å². The van der Waals surface area contributed by atoms with Gasteiger partial charge in [0, 0.05) is 33.4 Å². The van der Waals surface area contributed by atoms with Gasteiger partial charge in [-0.25, -0.2) is 0 Å². The Labute approximate surface area is 350 Å². The first-order valence-electron chi connectivity index (χ1n) is 20.6. The average Bonchev–Trinajstić information content (AvgIpc) is 3.67. The van der Waals surface area contributed by atoms with E-state index in [0.29, 0.717) is 0 Å². The topological polar surface area (TPSA) is 8.17 Å². The van der Waals surface area contributed by atoms with Gasteiger partial charge >= 0.3 is 0 Å². The van der Waals surface area contributed by atoms with Gasteiger partial charge in [-0.05, 0) is 110 Å². The molecule has 0 N–H and O–H groups in total. The molecule has 0 aliphatic carbocycles. The number of aromatic nitrogens is 1. The number of rotatable bonds is 8. The fraction of sp³-hybridized carbons (Fsp3) is 0. The minimum atomic E-state index is 1.09. The number of benzene rings is 10. The van der Waals surface area contributed by atoms with Gasteiger partial charge in [0.25, 0.3) is 0 Å². The molecule has 0 saturated heterocycles. The second kappa shape index (κ2) is 15.1. The molecule has 0 spiro atoms. The average molecular weight is 765 g/mol. The van der Waals surface area contributed by atoms with Crippen molar-refractivity contribution in [3.63, 3.8) is 0 Å². The van der Waals surface area contributed by atoms with E-state index in [9.17, 15) is 0 Å². The van der Waals surface area contributed by atoms with Gasteiger partial charge < -0.3 is 9.47 Å². The highest BCUT2D eigenvalue weighted by atomic mass is 15.1. The summed E-state index contributed by atoms with van der Waals surface area (Å²) in [6, 6.07) is 87.9. The van der Waals surface area contributed by atoms with E-state index in [1.54, 1.807) is 0 Å². The number of fused-ring (bicyclic) bond motifs is 4. The van der Waals surface area contributed by atoms with Crippen LogP contribution in [0, 0.1) is 0 Å². The SMILES string of the molecule is c1ccc(-c2ccc(N(c3ccc(-c4ccccc4)cc3)c3ccc(-c4cccc(-n5c6ccccc6c6ccccc65)c4-c4ccc5ccccc5c4)cc3)cc2)cc1. The first-order valence-corrected chi connectivity index (χ1v) is 20.6. The largest absolute Gasteiger partial charge is 0.311 e. The Hall–Kier alpha value is -7.94. The van der Waals surface area contributed by atoms with Gasteiger partial charge in [-0.15, -0.1) is 0 Å². The molecule has 282 valence electrons. The molecule has 0 radical (unpaired) electrons. The first kappa shape index (κ1) is 35.2. The highest BCUT2D eigenvalue weighted by Gasteiger charge is 2.20. The fourth-order valence-electron chi connectivity index (χ4n) is 8.90. The highest BCUT2D eigenvalue weighted by molar-refractivity contribution is 6.10. The Kier molecular flexibility index (Phi) is 8.87. The van der Waals surface area contributed by atoms with E-state index in [4.69, 9.17) is 0 Å². The summed E-state index contributed by atoms with van der Waals surface area (Å²) in [5, 5.41) is 4.96. The summed E-state index contributed by atoms with van der Waals surface area (Å²) in [6.07, 6.45) is 0. The molecule has 0 bridgehead atoms. The fourth-order valence-corrected chi connectivity index (χ4v) is 8.90. The van der Waals surface area contributed by atoms with Gasteiger partial charge in [-0.3, -0.25) is 0 Å². The molecule has 0 aliphatic rings. The molecule has 11 aromatic rings. The van der Waals surface area contributed by atoms with E-state index in [2.05, 4.69) is 252 Å². The smallest absolute Gasteiger partial charge is 0.0546 e. The molecule has 11 rings (SSSR count). The first-order chi connectivity index (χ1) is 29.8. The van der Waals surface area contributed by atoms with Crippen molar-refractivity contribution >= 4 is 49.6 Å². The predicted molar refractivity (Wildman–Crippen MR) is 255 cm³/mol. The lowest BCUT2D eigenvalue weighted by Gasteiger charge is -2.26. The number of para-hydroxylation sites is 2. The molecule has 0 aliphatic heterocycles. The minimum Gasteiger partial charge on any atom is -0.311 e. The Bertz CT molecular complexity index is 3140. The summed E-state index contributed by atoms with van der Waals surface area (Å²) >= 11 is 0. The molecule has 2 nitrogen and oxygen atoms in total. The Morgan fingerprint density at radius 1 is 0.283 bits per heavy atom. The van der Waals surface area contributed by atoms with E-state index < -0.39 is 0 Å². The second-order valence-corrected chi connectivity index (χ2v) is 15.3. The van der Waals surface area contributed by atoms with Crippen LogP contribution in [0.4, 0.5) is 17.1 Å². The molecule has 1 aromatic heterocycles. The third-order valence-electron chi connectivity index (χ3n) is 11.8. The molecule has 60 heavy (non-hydrogen) atoms. The van der Waals surface area contributed by atoms with Crippen molar-refractivity contribution in [2.75, 3.05) is 4.90 Å². The van der Waals surface area contributed by atoms with Crippen molar-refractivity contribution in [1.29, 1.82) is 0 Å². The molecular formula is C58H40N2. The van der Waals surface area contributed by atoms with Crippen molar-refractivity contribution < 1.29 is 0 Å². The molecule has 0 fully saturated rings. The molecule has 10 aromatic carbocycles. The summed E-state index contributed by atoms with van der Waals surface area (Å²) in [5.41, 5.74) is 16.3. The van der Waals surface area contributed by atoms with Gasteiger partial charge in [0.15, 0.2) is 0 Å². The molecule has 1 heterocycles. The second-order valence-electron chi connectivity index (χ2n) is 15.3. The van der Waals surface area contributed by atoms with Crippen LogP contribution in [-0.4, -0.2) is 4.57 Å². The third kappa shape index (κ3) is 6.32. The van der Waals surface area contributed by atoms with Crippen molar-refractivity contribution in [2.24, 2.45) is 0 Å². The van der Waals surface area contributed by atoms with Crippen LogP contribution >= 0.6 is 0 Å². The molecule has 0 atom stereocenters. The van der Waals surface area contributed by atoms with Gasteiger partial charge in [-0.1, -0.05) is 182 Å². The number of anilines is 3. The standard InChI is InChI=1S/C58H40N2/c1-3-14-41(15-4-1)44-28-34-49(35-29-44)59(50-36-30-45(31-37-50)42-16-5-2-6-17-42)51-38-32-46(33-39-51)52-22-13-25-57(58(52)48-27-26-43-18-7-8-19-47(43)40-48)60-55-23-11-9-20-53(55)54-21-10-12-24-56(54)60/h1-40H. The lowest BCUT2D eigenvalue weighted by molar-refractivity contribution is 1.18. The Balaban J connectivity index is 1.06. The Morgan fingerprint density at radius 2 is 0.717 bits per heavy atom. The maximum absolute atomic E-state index is 2.45. The van der Waals surface area contributed by atoms with Crippen LogP contribution < -0.4 is 4.90 Å². The summed E-state index contributed by atoms with van der Waals surface area (Å²) in [7, 11) is 0. The van der Waals surface area contributed by atoms with Crippen LogP contribution in [0.3, 0.4) is 0 Å². The van der Waals surface area contributed by atoms with Crippen molar-refractivity contribution in [1.82, 2.24) is 4.57 Å². The van der Waals surface area contributed by atoms with Crippen LogP contribution in [0.15, 0.2) is 243 Å². The summed E-state index contributed by atoms with van der Waals surface area (Å²) in [5.74, 6) is 0. The lowest BCUT2D eigenvalue weighted by Crippen LogP contribution is -2.09. The zero-order chi connectivity index (χ0) is 39.8. The zero-order valence-corrected chi connectivity index (χ0v) is 33.0. The van der Waals surface area contributed by atoms with E-state index in [0.717, 1.165) is 28.3 Å². The maximum atomic E-state index is 2.45. The van der Waals surface area contributed by atoms with E-state index in [1.165, 1.54) is 71.5 Å². The van der Waals surface area contributed by atoms with Crippen molar-refractivity contribution in [2.45, 2.75) is 0 Å². The molecule has 0 unspecified atom stereocenters. The van der Waals surface area contributed by atoms with Crippen LogP contribution in [0.2, 0.25) is 0 Å². The Morgan fingerprint density at radius 3 is 1.27 bits per heavy atom. The quantitative estimate of drug-likeness (QED) is 0.150. The van der Waals surface area contributed by atoms with Crippen molar-refractivity contribution in [3.05, 3.63) is 243 Å². The van der Waals surface area contributed by atoms with E-state index >= 15 is 0 Å². The highest BCUT2D eigenvalue weighted by Crippen LogP contribution is 2.43. The number of hydrogen-bond acceptors (Lipinski definition) is 1. The zero-order valence-electron chi connectivity index (χ0n) is 33.0. The van der Waals surface area contributed by atoms with Crippen LogP contribution in [0.1, 0.15) is 0 Å². The monoisotopic (exact) mass is 764 g/mol. The van der Waals surface area contributed by atoms with Gasteiger partial charge in [0.1, 0.15) is 0 Å². The van der Waals surface area contributed by atoms with Crippen molar-refractivity contribution in [3.8, 4) is 50.2 Å². The predicted octanol–water partition coefficient (Wildman–Crippen LogP) is 16.1. The molecule has 0 amide bonds. The summed E-state index contributed by atoms with van der Waals surface area (Å²) < 4.78 is 2.45. The number of nitrogens with zero attached hydrogens (tertiary/aromatic N) is 2. The lowest BCUT2D eigenvalue weighted by atomic mass is 9.91. The van der Waals surface area contributed by atoms with E-state index in [-0.39, 0.29) is 0 Å². The van der Waals surface area contributed by atoms with Gasteiger partial charge in [0.2, 0.25) is 0 Å². The van der Waals surface area contributed by atoms with Gasteiger partial charge in [-0.2, -0.15) is 0 Å². The van der Waals surface area contributed by atoms with Crippen LogP contribution in [-0.2, 0) is 0 Å². The molecular weight excluding hydrogens is 725 g/mol. The molecule has 2 heteroatoms. The van der Waals surface area contributed by atoms with Gasteiger partial charge in [0.05, 0.1) is 16.7 Å². The van der Waals surface area contributed by atoms with Crippen LogP contribution in [0.25, 0.3) is 82.8 Å². The number of hydrogen-bond donors (Lipinski definition) is 0.